The molecule has 0 aliphatic carbocycles. The van der Waals surface area contributed by atoms with Crippen molar-refractivity contribution in [1.82, 2.24) is 0 Å². The molecule has 0 aromatic heterocycles. The average molecular weight is 193 g/mol. The van der Waals surface area contributed by atoms with E-state index in [2.05, 4.69) is 4.85 Å². The fourth-order valence-electron chi connectivity index (χ4n) is 1.14. The van der Waals surface area contributed by atoms with Crippen LogP contribution in [0.3, 0.4) is 0 Å². The molecule has 0 unspecified atom stereocenters. The highest BCUT2D eigenvalue weighted by molar-refractivity contribution is 5.61. The molecule has 0 bridgehead atoms. The van der Waals surface area contributed by atoms with Crippen LogP contribution in [0.15, 0.2) is 12.1 Å². The van der Waals surface area contributed by atoms with Crippen LogP contribution in [0.2, 0.25) is 0 Å². The molecule has 14 heavy (non-hydrogen) atoms. The van der Waals surface area contributed by atoms with Crippen molar-refractivity contribution in [2.75, 3.05) is 7.11 Å². The maximum Gasteiger partial charge on any atom is 0.225 e. The summed E-state index contributed by atoms with van der Waals surface area (Å²) in [6.07, 6.45) is 0.743. The van der Waals surface area contributed by atoms with Crippen molar-refractivity contribution in [1.29, 1.82) is 0 Å². The summed E-state index contributed by atoms with van der Waals surface area (Å²) in [4.78, 5) is 13.3. The fraction of sp³-hybridized carbons (Fsp3) is 0.200. The number of carbonyl (C=O) groups is 1. The lowest BCUT2D eigenvalue weighted by molar-refractivity contribution is -0.107. The van der Waals surface area contributed by atoms with Gasteiger partial charge in [0.05, 0.1) is 13.7 Å². The minimum Gasteiger partial charge on any atom is -0.495 e. The van der Waals surface area contributed by atoms with Gasteiger partial charge in [-0.25, -0.2) is 9.24 Å². The van der Waals surface area contributed by atoms with Gasteiger partial charge in [0.25, 0.3) is 0 Å². The van der Waals surface area contributed by atoms with Crippen LogP contribution in [0, 0.1) is 12.4 Å². The van der Waals surface area contributed by atoms with Crippen LogP contribution in [0.5, 0.6) is 5.75 Å². The molecule has 1 rings (SSSR count). The molecular formula is C10H8FNO2. The van der Waals surface area contributed by atoms with E-state index in [4.69, 9.17) is 11.3 Å². The van der Waals surface area contributed by atoms with Crippen LogP contribution in [0.1, 0.15) is 5.56 Å². The zero-order valence-electron chi connectivity index (χ0n) is 7.58. The lowest BCUT2D eigenvalue weighted by atomic mass is 10.1. The van der Waals surface area contributed by atoms with Crippen molar-refractivity contribution in [3.05, 3.63) is 34.9 Å². The lowest BCUT2D eigenvalue weighted by Crippen LogP contribution is -1.96. The van der Waals surface area contributed by atoms with Crippen molar-refractivity contribution < 1.29 is 13.9 Å². The third-order valence-corrected chi connectivity index (χ3v) is 1.79. The highest BCUT2D eigenvalue weighted by Gasteiger charge is 2.13. The molecule has 0 aliphatic rings. The number of nitrogens with zero attached hydrogens (tertiary/aromatic N) is 1. The van der Waals surface area contributed by atoms with Crippen LogP contribution < -0.4 is 4.74 Å². The number of methoxy groups -OCH3 is 1. The molecule has 0 aliphatic heterocycles. The van der Waals surface area contributed by atoms with Gasteiger partial charge in [0.15, 0.2) is 5.82 Å². The van der Waals surface area contributed by atoms with Crippen LogP contribution in [0.4, 0.5) is 10.1 Å². The minimum absolute atomic E-state index is 0.0226. The van der Waals surface area contributed by atoms with Crippen LogP contribution in [-0.2, 0) is 11.2 Å². The Kier molecular flexibility index (Phi) is 3.19. The van der Waals surface area contributed by atoms with E-state index in [9.17, 15) is 9.18 Å². The Morgan fingerprint density at radius 2 is 2.36 bits per heavy atom. The van der Waals surface area contributed by atoms with Crippen molar-refractivity contribution in [3.8, 4) is 5.75 Å². The van der Waals surface area contributed by atoms with E-state index in [1.807, 2.05) is 0 Å². The first-order valence-electron chi connectivity index (χ1n) is 3.91. The van der Waals surface area contributed by atoms with E-state index >= 15 is 0 Å². The fourth-order valence-corrected chi connectivity index (χ4v) is 1.14. The van der Waals surface area contributed by atoms with Crippen molar-refractivity contribution >= 4 is 12.0 Å². The number of benzene rings is 1. The molecular weight excluding hydrogens is 185 g/mol. The second-order valence-corrected chi connectivity index (χ2v) is 2.57. The van der Waals surface area contributed by atoms with Gasteiger partial charge in [-0.3, -0.25) is 0 Å². The Labute approximate surface area is 80.9 Å². The molecule has 3 nitrogen and oxygen atoms in total. The van der Waals surface area contributed by atoms with E-state index < -0.39 is 5.82 Å². The average Bonchev–Trinajstić information content (AvgIpc) is 2.19. The first kappa shape index (κ1) is 10.2. The Bertz CT molecular complexity index is 396. The molecule has 0 radical (unpaired) electrons. The van der Waals surface area contributed by atoms with Crippen LogP contribution >= 0.6 is 0 Å². The zero-order valence-corrected chi connectivity index (χ0v) is 7.58. The van der Waals surface area contributed by atoms with Crippen molar-refractivity contribution in [2.45, 2.75) is 6.42 Å². The highest BCUT2D eigenvalue weighted by atomic mass is 19.1. The molecule has 0 amide bonds. The molecule has 4 heteroatoms. The smallest absolute Gasteiger partial charge is 0.225 e. The summed E-state index contributed by atoms with van der Waals surface area (Å²) in [5.41, 5.74) is 0.351. The van der Waals surface area contributed by atoms with Crippen molar-refractivity contribution in [2.24, 2.45) is 0 Å². The Morgan fingerprint density at radius 1 is 1.64 bits per heavy atom. The topological polar surface area (TPSA) is 30.7 Å². The quantitative estimate of drug-likeness (QED) is 0.543. The molecule has 0 fully saturated rings. The van der Waals surface area contributed by atoms with Gasteiger partial charge in [0, 0.05) is 12.0 Å². The largest absolute Gasteiger partial charge is 0.495 e. The van der Waals surface area contributed by atoms with E-state index in [1.165, 1.54) is 19.2 Å². The normalized spacial score (nSPS) is 9.21. The zero-order chi connectivity index (χ0) is 10.6. The third-order valence-electron chi connectivity index (χ3n) is 1.79. The summed E-state index contributed by atoms with van der Waals surface area (Å²) < 4.78 is 18.2. The molecule has 0 spiro atoms. The molecule has 0 atom stereocenters. The summed E-state index contributed by atoms with van der Waals surface area (Å²) >= 11 is 0. The second-order valence-electron chi connectivity index (χ2n) is 2.57. The number of ether oxygens (including phenoxy) is 1. The van der Waals surface area contributed by atoms with Gasteiger partial charge in [0.1, 0.15) is 12.0 Å². The molecule has 0 saturated heterocycles. The number of halogens is 1. The minimum atomic E-state index is -0.707. The van der Waals surface area contributed by atoms with Gasteiger partial charge in [-0.15, -0.1) is 0 Å². The van der Waals surface area contributed by atoms with Gasteiger partial charge in [-0.05, 0) is 0 Å². The summed E-state index contributed by atoms with van der Waals surface area (Å²) in [7, 11) is 1.31. The first-order chi connectivity index (χ1) is 6.74. The standard InChI is InChI=1S/C10H8FNO2/c1-12-8-4-3-7(5-6-13)10(14-2)9(8)11/h3-4,6H,5H2,2H3. The molecule has 72 valence electrons. The van der Waals surface area contributed by atoms with Gasteiger partial charge in [-0.2, -0.15) is 0 Å². The van der Waals surface area contributed by atoms with Gasteiger partial charge >= 0.3 is 0 Å². The maximum atomic E-state index is 13.4. The first-order valence-corrected chi connectivity index (χ1v) is 3.91. The van der Waals surface area contributed by atoms with E-state index in [-0.39, 0.29) is 17.9 Å². The molecule has 0 saturated carbocycles. The molecule has 1 aromatic rings. The Hall–Kier alpha value is -1.89. The van der Waals surface area contributed by atoms with Crippen LogP contribution in [0.25, 0.3) is 4.85 Å². The van der Waals surface area contributed by atoms with E-state index in [0.29, 0.717) is 11.8 Å². The van der Waals surface area contributed by atoms with Crippen LogP contribution in [-0.4, -0.2) is 13.4 Å². The lowest BCUT2D eigenvalue weighted by Gasteiger charge is -2.07. The summed E-state index contributed by atoms with van der Waals surface area (Å²) in [6, 6.07) is 2.85. The van der Waals surface area contributed by atoms with Crippen molar-refractivity contribution in [3.63, 3.8) is 0 Å². The number of rotatable bonds is 3. The third kappa shape index (κ3) is 1.72. The Balaban J connectivity index is 3.29. The molecule has 0 heterocycles. The highest BCUT2D eigenvalue weighted by Crippen LogP contribution is 2.30. The molecule has 1 aromatic carbocycles. The molecule has 0 N–H and O–H groups in total. The maximum absolute atomic E-state index is 13.4. The predicted octanol–water partition coefficient (Wildman–Crippen LogP) is 2.13. The van der Waals surface area contributed by atoms with E-state index in [0.717, 1.165) is 0 Å². The number of aldehydes is 1. The van der Waals surface area contributed by atoms with Gasteiger partial charge < -0.3 is 9.53 Å². The number of carbonyl (C=O) groups excluding carboxylic acids is 1. The summed E-state index contributed by atoms with van der Waals surface area (Å²) in [6.45, 7) is 6.69. The van der Waals surface area contributed by atoms with E-state index in [1.54, 1.807) is 0 Å². The number of hydrogen-bond acceptors (Lipinski definition) is 2. The monoisotopic (exact) mass is 193 g/mol. The SMILES string of the molecule is [C-]#[N+]c1ccc(CC=O)c(OC)c1F. The Morgan fingerprint density at radius 3 is 2.86 bits per heavy atom. The second kappa shape index (κ2) is 4.38. The summed E-state index contributed by atoms with van der Waals surface area (Å²) in [5.74, 6) is -0.729. The number of hydrogen-bond donors (Lipinski definition) is 0. The summed E-state index contributed by atoms with van der Waals surface area (Å²) in [5, 5.41) is 0. The predicted molar refractivity (Wildman–Crippen MR) is 49.0 cm³/mol. The van der Waals surface area contributed by atoms with Gasteiger partial charge in [-0.1, -0.05) is 12.1 Å². The van der Waals surface area contributed by atoms with Gasteiger partial charge in [0.2, 0.25) is 5.69 Å².